The average molecular weight is 517 g/mol. The molecule has 5 aliphatic rings. The first-order valence-corrected chi connectivity index (χ1v) is 14.2. The summed E-state index contributed by atoms with van der Waals surface area (Å²) in [5.41, 5.74) is 7.40. The Balaban J connectivity index is 0.941. The van der Waals surface area contributed by atoms with Crippen molar-refractivity contribution in [2.45, 2.75) is 74.7 Å². The van der Waals surface area contributed by atoms with Crippen molar-refractivity contribution in [2.75, 3.05) is 36.9 Å². The van der Waals surface area contributed by atoms with Crippen LogP contribution in [0, 0.1) is 0 Å². The molecule has 2 amide bonds. The number of carbonyl (C=O) groups is 2. The largest absolute Gasteiger partial charge is 0.384 e. The normalized spacial score (nSPS) is 30.5. The number of piperazine rings is 1. The molecule has 0 spiro atoms. The van der Waals surface area contributed by atoms with Crippen molar-refractivity contribution < 1.29 is 19.1 Å². The lowest BCUT2D eigenvalue weighted by Crippen LogP contribution is -2.62. The summed E-state index contributed by atoms with van der Waals surface area (Å²) in [5.74, 6) is 0.246. The van der Waals surface area contributed by atoms with Gasteiger partial charge in [-0.15, -0.1) is 0 Å². The molecule has 200 valence electrons. The van der Waals surface area contributed by atoms with E-state index in [1.165, 1.54) is 22.3 Å². The van der Waals surface area contributed by atoms with Crippen LogP contribution in [0.5, 0.6) is 0 Å². The van der Waals surface area contributed by atoms with Gasteiger partial charge in [0, 0.05) is 36.3 Å². The molecule has 0 bridgehead atoms. The molecule has 0 radical (unpaired) electrons. The van der Waals surface area contributed by atoms with Crippen LogP contribution in [-0.2, 0) is 31.9 Å². The Hall–Kier alpha value is -3.10. The Morgan fingerprint density at radius 1 is 0.684 bits per heavy atom. The zero-order valence-electron chi connectivity index (χ0n) is 21.6. The molecular formula is C30H36N4O4. The topological polar surface area (TPSA) is 107 Å². The lowest BCUT2D eigenvalue weighted by Gasteiger charge is -2.32. The van der Waals surface area contributed by atoms with E-state index >= 15 is 0 Å². The lowest BCUT2D eigenvalue weighted by molar-refractivity contribution is -0.137. The Morgan fingerprint density at radius 2 is 1.13 bits per heavy atom. The summed E-state index contributed by atoms with van der Waals surface area (Å²) < 4.78 is 10.7. The van der Waals surface area contributed by atoms with Gasteiger partial charge in [-0.2, -0.15) is 0 Å². The predicted molar refractivity (Wildman–Crippen MR) is 145 cm³/mol. The van der Waals surface area contributed by atoms with Gasteiger partial charge in [-0.1, -0.05) is 24.3 Å². The van der Waals surface area contributed by atoms with E-state index in [4.69, 9.17) is 9.47 Å². The van der Waals surface area contributed by atoms with Crippen molar-refractivity contribution in [3.63, 3.8) is 0 Å². The molecule has 5 aliphatic heterocycles. The van der Waals surface area contributed by atoms with Crippen molar-refractivity contribution in [3.8, 4) is 0 Å². The monoisotopic (exact) mass is 516 g/mol. The lowest BCUT2D eigenvalue weighted by atomic mass is 9.89. The highest BCUT2D eigenvalue weighted by atomic mass is 16.6. The van der Waals surface area contributed by atoms with Crippen LogP contribution in [0.25, 0.3) is 0 Å². The summed E-state index contributed by atoms with van der Waals surface area (Å²) in [5, 5.41) is 13.1. The molecule has 0 saturated carbocycles. The molecule has 38 heavy (non-hydrogen) atoms. The van der Waals surface area contributed by atoms with E-state index in [0.29, 0.717) is 25.0 Å². The van der Waals surface area contributed by atoms with Gasteiger partial charge in [0.15, 0.2) is 0 Å². The van der Waals surface area contributed by atoms with Crippen molar-refractivity contribution in [2.24, 2.45) is 0 Å². The predicted octanol–water partition coefficient (Wildman–Crippen LogP) is 2.83. The second kappa shape index (κ2) is 9.89. The summed E-state index contributed by atoms with van der Waals surface area (Å²) >= 11 is 0. The van der Waals surface area contributed by atoms with Gasteiger partial charge in [0.05, 0.1) is 25.4 Å². The van der Waals surface area contributed by atoms with E-state index in [2.05, 4.69) is 57.7 Å². The zero-order valence-corrected chi connectivity index (χ0v) is 21.6. The molecule has 5 heterocycles. The van der Waals surface area contributed by atoms with Crippen molar-refractivity contribution in [3.05, 3.63) is 58.7 Å². The van der Waals surface area contributed by atoms with Crippen LogP contribution in [0.1, 0.15) is 59.8 Å². The minimum absolute atomic E-state index is 0.0760. The summed E-state index contributed by atoms with van der Waals surface area (Å²) in [6.45, 7) is 3.36. The third kappa shape index (κ3) is 5.12. The molecule has 7 rings (SSSR count). The number of rotatable bonds is 10. The first kappa shape index (κ1) is 24.0. The Bertz CT molecular complexity index is 1150. The van der Waals surface area contributed by atoms with Gasteiger partial charge in [-0.05, 0) is 72.9 Å². The molecule has 0 aliphatic carbocycles. The van der Waals surface area contributed by atoms with Crippen LogP contribution < -0.4 is 21.3 Å². The Labute approximate surface area is 223 Å². The van der Waals surface area contributed by atoms with Crippen LogP contribution in [0.4, 0.5) is 11.4 Å². The Kier molecular flexibility index (Phi) is 6.24. The summed E-state index contributed by atoms with van der Waals surface area (Å²) in [7, 11) is 0. The highest BCUT2D eigenvalue weighted by Gasteiger charge is 2.38. The molecule has 8 heteroatoms. The quantitative estimate of drug-likeness (QED) is 0.362. The van der Waals surface area contributed by atoms with Crippen molar-refractivity contribution >= 4 is 23.2 Å². The molecule has 3 saturated heterocycles. The smallest absolute Gasteiger partial charge is 0.243 e. The molecule has 6 atom stereocenters. The highest BCUT2D eigenvalue weighted by molar-refractivity contribution is 5.97. The fraction of sp³-hybridized carbons (Fsp3) is 0.533. The first-order valence-electron chi connectivity index (χ1n) is 14.2. The van der Waals surface area contributed by atoms with Gasteiger partial charge < -0.3 is 30.7 Å². The molecule has 3 fully saturated rings. The molecular weight excluding hydrogens is 480 g/mol. The maximum atomic E-state index is 13.1. The van der Waals surface area contributed by atoms with E-state index in [9.17, 15) is 9.59 Å². The fourth-order valence-corrected chi connectivity index (χ4v) is 6.34. The number of epoxide rings is 2. The average Bonchev–Trinajstić information content (AvgIpc) is 3.85. The van der Waals surface area contributed by atoms with E-state index in [1.54, 1.807) is 0 Å². The third-order valence-electron chi connectivity index (χ3n) is 8.81. The number of carbonyl (C=O) groups excluding carboxylic acids is 2. The maximum Gasteiger partial charge on any atom is 0.243 e. The fourth-order valence-electron chi connectivity index (χ4n) is 6.34. The number of nitrogens with one attached hydrogen (secondary N) is 4. The molecule has 4 N–H and O–H groups in total. The van der Waals surface area contributed by atoms with Gasteiger partial charge in [0.25, 0.3) is 0 Å². The number of fused-ring (bicyclic) bond motifs is 2. The minimum Gasteiger partial charge on any atom is -0.384 e. The highest BCUT2D eigenvalue weighted by Crippen LogP contribution is 2.38. The van der Waals surface area contributed by atoms with Crippen LogP contribution in [0.2, 0.25) is 0 Å². The van der Waals surface area contributed by atoms with Gasteiger partial charge in [0.2, 0.25) is 11.8 Å². The van der Waals surface area contributed by atoms with Crippen LogP contribution in [0.3, 0.4) is 0 Å². The summed E-state index contributed by atoms with van der Waals surface area (Å²) in [6, 6.07) is 12.2. The molecule has 8 nitrogen and oxygen atoms in total. The molecule has 2 aromatic carbocycles. The number of benzene rings is 2. The van der Waals surface area contributed by atoms with E-state index in [0.717, 1.165) is 63.4 Å². The number of hydrogen-bond donors (Lipinski definition) is 4. The summed E-state index contributed by atoms with van der Waals surface area (Å²) in [4.78, 5) is 26.1. The van der Waals surface area contributed by atoms with Crippen LogP contribution >= 0.6 is 0 Å². The number of anilines is 2. The van der Waals surface area contributed by atoms with Gasteiger partial charge in [0.1, 0.15) is 12.1 Å². The van der Waals surface area contributed by atoms with Gasteiger partial charge in [-0.25, -0.2) is 0 Å². The standard InChI is InChI=1S/C30H36N4O4/c35-29-27(11-19-13-31-25-9-17(3-7-23(19)25)1-5-21-15-37-21)33-30(36)28(34-29)12-20-14-32-26-10-18(4-8-24(20)26)2-6-22-16-38-22/h3-4,7-10,19-22,27-28,31-32H,1-2,5-6,11-16H2,(H,33,36)(H,34,35). The van der Waals surface area contributed by atoms with Gasteiger partial charge >= 0.3 is 0 Å². The van der Waals surface area contributed by atoms with Crippen molar-refractivity contribution in [1.29, 1.82) is 0 Å². The second-order valence-electron chi connectivity index (χ2n) is 11.6. The van der Waals surface area contributed by atoms with E-state index in [1.807, 2.05) is 0 Å². The minimum atomic E-state index is -0.504. The molecule has 2 aromatic rings. The number of hydrogen-bond acceptors (Lipinski definition) is 6. The molecule has 6 unspecified atom stereocenters. The van der Waals surface area contributed by atoms with Crippen molar-refractivity contribution in [1.82, 2.24) is 10.6 Å². The van der Waals surface area contributed by atoms with Crippen LogP contribution in [0.15, 0.2) is 36.4 Å². The molecule has 0 aromatic heterocycles. The maximum absolute atomic E-state index is 13.1. The summed E-state index contributed by atoms with van der Waals surface area (Å²) in [6.07, 6.45) is 6.24. The SMILES string of the molecule is O=C1NC(CC2CNc3cc(CCC4CO4)ccc32)C(=O)NC1CC1CNc2cc(CCC3CO3)ccc21. The third-order valence-corrected chi connectivity index (χ3v) is 8.81. The number of ether oxygens (including phenoxy) is 2. The Morgan fingerprint density at radius 3 is 1.55 bits per heavy atom. The first-order chi connectivity index (χ1) is 18.6. The van der Waals surface area contributed by atoms with Gasteiger partial charge in [-0.3, -0.25) is 9.59 Å². The van der Waals surface area contributed by atoms with E-state index < -0.39 is 12.1 Å². The number of aryl methyl sites for hydroxylation is 2. The number of amides is 2. The zero-order chi connectivity index (χ0) is 25.6. The van der Waals surface area contributed by atoms with Crippen LogP contribution in [-0.4, -0.2) is 62.4 Å². The van der Waals surface area contributed by atoms with E-state index in [-0.39, 0.29) is 23.7 Å². The second-order valence-corrected chi connectivity index (χ2v) is 11.6.